The smallest absolute Gasteiger partial charge is 0.129 e. The molecule has 0 aliphatic rings. The van der Waals surface area contributed by atoms with Crippen molar-refractivity contribution in [2.24, 2.45) is 0 Å². The highest BCUT2D eigenvalue weighted by molar-refractivity contribution is 7.05. The number of aromatic nitrogens is 5. The van der Waals surface area contributed by atoms with Crippen molar-refractivity contribution in [3.05, 3.63) is 59.6 Å². The van der Waals surface area contributed by atoms with Gasteiger partial charge in [-0.2, -0.15) is 4.37 Å². The van der Waals surface area contributed by atoms with Crippen LogP contribution in [-0.2, 0) is 0 Å². The zero-order chi connectivity index (χ0) is 13.9. The maximum absolute atomic E-state index is 3.98. The highest BCUT2D eigenvalue weighted by Gasteiger charge is 1.78. The van der Waals surface area contributed by atoms with Crippen molar-refractivity contribution in [2.45, 2.75) is 35.6 Å². The molecule has 0 atom stereocenters. The first-order chi connectivity index (χ1) is 9.18. The molecular weight excluding hydrogens is 282 g/mol. The third-order valence-electron chi connectivity index (χ3n) is 1.92. The van der Waals surface area contributed by atoms with Crippen LogP contribution < -0.4 is 0 Å². The molecule has 0 amide bonds. The van der Waals surface area contributed by atoms with Gasteiger partial charge in [0.1, 0.15) is 17.2 Å². The second kappa shape index (κ2) is 12.9. The maximum Gasteiger partial charge on any atom is 0.129 e. The standard InChI is InChI=1S/C6H7N.C4H6N2.C3H4N2S.2CH4/c1-6-4-2-3-5-7-6;1-4-5-2-3-6-4;1-3-4-2-5-6-3;;/h2-5H,1H3;2-3H,1H3,(H,5,6);2H,1H3;2*1H4. The molecule has 3 rings (SSSR count). The van der Waals surface area contributed by atoms with E-state index in [9.17, 15) is 0 Å². The van der Waals surface area contributed by atoms with E-state index in [4.69, 9.17) is 0 Å². The normalized spacial score (nSPS) is 7.95. The molecule has 0 bridgehead atoms. The summed E-state index contributed by atoms with van der Waals surface area (Å²) in [6.45, 7) is 5.82. The van der Waals surface area contributed by atoms with Gasteiger partial charge in [-0.25, -0.2) is 9.97 Å². The van der Waals surface area contributed by atoms with Gasteiger partial charge in [-0.1, -0.05) is 20.9 Å². The van der Waals surface area contributed by atoms with Crippen LogP contribution in [0.5, 0.6) is 0 Å². The molecule has 1 N–H and O–H groups in total. The Morgan fingerprint density at radius 2 is 1.71 bits per heavy atom. The van der Waals surface area contributed by atoms with E-state index >= 15 is 0 Å². The van der Waals surface area contributed by atoms with Gasteiger partial charge in [-0.05, 0) is 44.4 Å². The van der Waals surface area contributed by atoms with Crippen LogP contribution in [0.4, 0.5) is 0 Å². The van der Waals surface area contributed by atoms with E-state index in [1.165, 1.54) is 11.5 Å². The Kier molecular flexibility index (Phi) is 13.1. The van der Waals surface area contributed by atoms with Gasteiger partial charge in [0, 0.05) is 24.3 Å². The first kappa shape index (κ1) is 21.2. The second-order valence-electron chi connectivity index (χ2n) is 3.61. The zero-order valence-electron chi connectivity index (χ0n) is 11.2. The first-order valence-corrected chi connectivity index (χ1v) is 6.52. The van der Waals surface area contributed by atoms with Crippen molar-refractivity contribution in [1.82, 2.24) is 24.3 Å². The third kappa shape index (κ3) is 11.4. The lowest BCUT2D eigenvalue weighted by Gasteiger charge is -1.82. The molecule has 116 valence electrons. The Balaban J connectivity index is 0. The monoisotopic (exact) mass is 307 g/mol. The predicted octanol–water partition coefficient (Wildman–Crippen LogP) is 4.23. The lowest BCUT2D eigenvalue weighted by Crippen LogP contribution is -1.72. The van der Waals surface area contributed by atoms with Crippen LogP contribution in [0.3, 0.4) is 0 Å². The van der Waals surface area contributed by atoms with Crippen molar-refractivity contribution in [3.8, 4) is 0 Å². The molecule has 3 aromatic rings. The van der Waals surface area contributed by atoms with E-state index in [-0.39, 0.29) is 14.9 Å². The number of hydrogen-bond acceptors (Lipinski definition) is 5. The van der Waals surface area contributed by atoms with Crippen LogP contribution in [0.1, 0.15) is 31.4 Å². The average Bonchev–Trinajstić information content (AvgIpc) is 3.05. The molecule has 0 aliphatic carbocycles. The minimum atomic E-state index is 0. The predicted molar refractivity (Wildman–Crippen MR) is 90.4 cm³/mol. The quantitative estimate of drug-likeness (QED) is 0.675. The fourth-order valence-corrected chi connectivity index (χ4v) is 1.36. The van der Waals surface area contributed by atoms with Crippen LogP contribution in [0.15, 0.2) is 43.1 Å². The molecular formula is C15H25N5S. The maximum atomic E-state index is 3.98. The molecule has 0 saturated heterocycles. The summed E-state index contributed by atoms with van der Waals surface area (Å²) in [6, 6.07) is 5.86. The number of H-pyrrole nitrogens is 1. The van der Waals surface area contributed by atoms with E-state index in [0.717, 1.165) is 16.5 Å². The molecule has 0 unspecified atom stereocenters. The van der Waals surface area contributed by atoms with Crippen LogP contribution >= 0.6 is 11.5 Å². The van der Waals surface area contributed by atoms with Gasteiger partial charge in [0.15, 0.2) is 0 Å². The van der Waals surface area contributed by atoms with Crippen molar-refractivity contribution in [3.63, 3.8) is 0 Å². The molecule has 0 aliphatic heterocycles. The molecule has 0 saturated carbocycles. The number of hydrogen-bond donors (Lipinski definition) is 1. The van der Waals surface area contributed by atoms with E-state index in [1.807, 2.05) is 39.0 Å². The fourth-order valence-electron chi connectivity index (χ4n) is 1.02. The first-order valence-electron chi connectivity index (χ1n) is 5.75. The third-order valence-corrected chi connectivity index (χ3v) is 2.49. The number of imidazole rings is 1. The summed E-state index contributed by atoms with van der Waals surface area (Å²) in [6.07, 6.45) is 6.88. The van der Waals surface area contributed by atoms with E-state index < -0.39 is 0 Å². The summed E-state index contributed by atoms with van der Waals surface area (Å²) in [5.41, 5.74) is 1.07. The van der Waals surface area contributed by atoms with E-state index in [0.29, 0.717) is 0 Å². The van der Waals surface area contributed by atoms with E-state index in [2.05, 4.69) is 24.3 Å². The van der Waals surface area contributed by atoms with Gasteiger partial charge in [0.2, 0.25) is 0 Å². The van der Waals surface area contributed by atoms with Crippen LogP contribution in [0.2, 0.25) is 0 Å². The minimum Gasteiger partial charge on any atom is -0.349 e. The van der Waals surface area contributed by atoms with Crippen LogP contribution in [0.25, 0.3) is 0 Å². The van der Waals surface area contributed by atoms with Gasteiger partial charge in [0.05, 0.1) is 0 Å². The molecule has 6 heteroatoms. The Morgan fingerprint density at radius 1 is 0.952 bits per heavy atom. The lowest BCUT2D eigenvalue weighted by molar-refractivity contribution is 1.15. The van der Waals surface area contributed by atoms with Crippen molar-refractivity contribution in [1.29, 1.82) is 0 Å². The molecule has 3 heterocycles. The summed E-state index contributed by atoms with van der Waals surface area (Å²) >= 11 is 1.42. The van der Waals surface area contributed by atoms with Crippen molar-refractivity contribution < 1.29 is 0 Å². The fraction of sp³-hybridized carbons (Fsp3) is 0.333. The number of nitrogens with zero attached hydrogens (tertiary/aromatic N) is 4. The van der Waals surface area contributed by atoms with E-state index in [1.54, 1.807) is 24.9 Å². The Hall–Kier alpha value is -2.08. The zero-order valence-corrected chi connectivity index (χ0v) is 12.1. The largest absolute Gasteiger partial charge is 0.349 e. The van der Waals surface area contributed by atoms with Crippen molar-refractivity contribution >= 4 is 11.5 Å². The Labute approximate surface area is 131 Å². The van der Waals surface area contributed by atoms with Gasteiger partial charge >= 0.3 is 0 Å². The molecule has 0 aromatic carbocycles. The van der Waals surface area contributed by atoms with Crippen LogP contribution in [0, 0.1) is 20.8 Å². The molecule has 0 fully saturated rings. The summed E-state index contributed by atoms with van der Waals surface area (Å²) in [5.74, 6) is 0.968. The summed E-state index contributed by atoms with van der Waals surface area (Å²) in [5, 5.41) is 1.02. The Bertz CT molecular complexity index is 488. The van der Waals surface area contributed by atoms with Crippen molar-refractivity contribution in [2.75, 3.05) is 0 Å². The van der Waals surface area contributed by atoms with Gasteiger partial charge in [0.25, 0.3) is 0 Å². The van der Waals surface area contributed by atoms with Gasteiger partial charge in [-0.3, -0.25) is 4.98 Å². The molecule has 3 aromatic heterocycles. The number of aryl methyl sites for hydroxylation is 3. The molecule has 21 heavy (non-hydrogen) atoms. The second-order valence-corrected chi connectivity index (χ2v) is 4.59. The SMILES string of the molecule is C.C.Cc1ccccn1.Cc1ncc[nH]1.Cc1ncns1. The minimum absolute atomic E-state index is 0. The highest BCUT2D eigenvalue weighted by atomic mass is 32.1. The molecule has 5 nitrogen and oxygen atoms in total. The number of aromatic amines is 1. The highest BCUT2D eigenvalue weighted by Crippen LogP contribution is 1.92. The Morgan fingerprint density at radius 3 is 1.90 bits per heavy atom. The number of pyridine rings is 1. The summed E-state index contributed by atoms with van der Waals surface area (Å²) in [4.78, 5) is 14.6. The van der Waals surface area contributed by atoms with Gasteiger partial charge < -0.3 is 4.98 Å². The average molecular weight is 307 g/mol. The number of rotatable bonds is 0. The molecule has 0 spiro atoms. The van der Waals surface area contributed by atoms with Gasteiger partial charge in [-0.15, -0.1) is 0 Å². The number of nitrogens with one attached hydrogen (secondary N) is 1. The summed E-state index contributed by atoms with van der Waals surface area (Å²) < 4.78 is 3.75. The molecule has 0 radical (unpaired) electrons. The topological polar surface area (TPSA) is 67.3 Å². The summed E-state index contributed by atoms with van der Waals surface area (Å²) in [7, 11) is 0. The lowest BCUT2D eigenvalue weighted by atomic mass is 10.4. The van der Waals surface area contributed by atoms with Crippen LogP contribution in [-0.4, -0.2) is 24.3 Å².